The lowest BCUT2D eigenvalue weighted by atomic mass is 10.3. The molecule has 0 amide bonds. The zero-order valence-electron chi connectivity index (χ0n) is 9.07. The average molecular weight is 256 g/mol. The maximum absolute atomic E-state index is 11.6. The lowest BCUT2D eigenvalue weighted by Crippen LogP contribution is -2.13. The summed E-state index contributed by atoms with van der Waals surface area (Å²) < 4.78 is 6.28. The maximum Gasteiger partial charge on any atom is 0.343 e. The molecule has 6 nitrogen and oxygen atoms in total. The Bertz CT molecular complexity index is 617. The maximum atomic E-state index is 11.6. The highest BCUT2D eigenvalue weighted by Gasteiger charge is 2.16. The van der Waals surface area contributed by atoms with Crippen molar-refractivity contribution in [1.82, 2.24) is 14.6 Å². The molecule has 0 bridgehead atoms. The molecule has 0 saturated carbocycles. The van der Waals surface area contributed by atoms with Gasteiger partial charge in [-0.05, 0) is 6.92 Å². The topological polar surface area (TPSA) is 76.5 Å². The third-order valence-electron chi connectivity index (χ3n) is 2.21. The first-order chi connectivity index (χ1) is 8.17. The van der Waals surface area contributed by atoms with Gasteiger partial charge in [-0.25, -0.2) is 9.31 Å². The average Bonchev–Trinajstić information content (AvgIpc) is 2.71. The van der Waals surface area contributed by atoms with E-state index in [0.717, 1.165) is 0 Å². The monoisotopic (exact) mass is 255 g/mol. The second-order valence-corrected chi connectivity index (χ2v) is 3.56. The SMILES string of the molecule is CCOC(=O)c1cnn2c(CCl)cc(=O)[nH]c12. The van der Waals surface area contributed by atoms with Gasteiger partial charge >= 0.3 is 5.97 Å². The van der Waals surface area contributed by atoms with E-state index in [1.165, 1.54) is 16.8 Å². The number of esters is 1. The zero-order valence-corrected chi connectivity index (χ0v) is 9.82. The Morgan fingerprint density at radius 3 is 3.06 bits per heavy atom. The van der Waals surface area contributed by atoms with Gasteiger partial charge in [-0.1, -0.05) is 0 Å². The fourth-order valence-electron chi connectivity index (χ4n) is 1.51. The number of ether oxygens (including phenoxy) is 1. The molecule has 0 aliphatic carbocycles. The Morgan fingerprint density at radius 1 is 1.65 bits per heavy atom. The van der Waals surface area contributed by atoms with Crippen LogP contribution < -0.4 is 5.56 Å². The van der Waals surface area contributed by atoms with Crippen LogP contribution >= 0.6 is 11.6 Å². The zero-order chi connectivity index (χ0) is 12.4. The minimum Gasteiger partial charge on any atom is -0.462 e. The van der Waals surface area contributed by atoms with Crippen molar-refractivity contribution in [2.45, 2.75) is 12.8 Å². The second-order valence-electron chi connectivity index (χ2n) is 3.30. The van der Waals surface area contributed by atoms with Crippen LogP contribution in [0.4, 0.5) is 0 Å². The van der Waals surface area contributed by atoms with Crippen molar-refractivity contribution in [2.24, 2.45) is 0 Å². The van der Waals surface area contributed by atoms with Crippen LogP contribution in [0.1, 0.15) is 23.0 Å². The van der Waals surface area contributed by atoms with Gasteiger partial charge in [0.15, 0.2) is 5.65 Å². The van der Waals surface area contributed by atoms with Gasteiger partial charge in [0.05, 0.1) is 24.4 Å². The fraction of sp³-hybridized carbons (Fsp3) is 0.300. The van der Waals surface area contributed by atoms with E-state index in [9.17, 15) is 9.59 Å². The number of hydrogen-bond acceptors (Lipinski definition) is 4. The molecule has 0 atom stereocenters. The van der Waals surface area contributed by atoms with Crippen molar-refractivity contribution in [3.05, 3.63) is 33.9 Å². The van der Waals surface area contributed by atoms with Crippen LogP contribution in [0.5, 0.6) is 0 Å². The molecule has 1 N–H and O–H groups in total. The van der Waals surface area contributed by atoms with Gasteiger partial charge in [-0.15, -0.1) is 11.6 Å². The molecule has 0 radical (unpaired) electrons. The van der Waals surface area contributed by atoms with Crippen molar-refractivity contribution in [1.29, 1.82) is 0 Å². The number of aromatic nitrogens is 3. The van der Waals surface area contributed by atoms with E-state index in [2.05, 4.69) is 10.1 Å². The van der Waals surface area contributed by atoms with Gasteiger partial charge in [-0.2, -0.15) is 5.10 Å². The molecular formula is C10H10ClN3O3. The van der Waals surface area contributed by atoms with Crippen LogP contribution in [0.25, 0.3) is 5.65 Å². The Kier molecular flexibility index (Phi) is 3.14. The van der Waals surface area contributed by atoms with Crippen LogP contribution in [-0.4, -0.2) is 27.2 Å². The third-order valence-corrected chi connectivity index (χ3v) is 2.49. The predicted molar refractivity (Wildman–Crippen MR) is 61.3 cm³/mol. The number of carbonyl (C=O) groups is 1. The molecule has 0 aromatic carbocycles. The summed E-state index contributed by atoms with van der Waals surface area (Å²) in [6.45, 7) is 1.96. The quantitative estimate of drug-likeness (QED) is 0.654. The molecule has 0 saturated heterocycles. The first-order valence-corrected chi connectivity index (χ1v) is 5.53. The van der Waals surface area contributed by atoms with Crippen LogP contribution in [0, 0.1) is 0 Å². The highest BCUT2D eigenvalue weighted by Crippen LogP contribution is 2.11. The summed E-state index contributed by atoms with van der Waals surface area (Å²) in [4.78, 5) is 25.5. The van der Waals surface area contributed by atoms with E-state index in [4.69, 9.17) is 16.3 Å². The minimum atomic E-state index is -0.523. The first kappa shape index (κ1) is 11.7. The van der Waals surface area contributed by atoms with Crippen molar-refractivity contribution >= 4 is 23.2 Å². The van der Waals surface area contributed by atoms with Gasteiger partial charge in [-0.3, -0.25) is 4.79 Å². The molecule has 2 heterocycles. The van der Waals surface area contributed by atoms with Crippen LogP contribution in [0.2, 0.25) is 0 Å². The standard InChI is InChI=1S/C10H10ClN3O3/c1-2-17-10(16)7-5-12-14-6(4-11)3-8(15)13-9(7)14/h3,5H,2,4H2,1H3,(H,13,15). The summed E-state index contributed by atoms with van der Waals surface area (Å²) in [6.07, 6.45) is 1.35. The molecule has 0 aliphatic rings. The summed E-state index contributed by atoms with van der Waals surface area (Å²) in [5.74, 6) is -0.394. The lowest BCUT2D eigenvalue weighted by Gasteiger charge is -2.01. The van der Waals surface area contributed by atoms with E-state index in [0.29, 0.717) is 11.3 Å². The molecule has 90 valence electrons. The molecule has 0 fully saturated rings. The molecule has 17 heavy (non-hydrogen) atoms. The van der Waals surface area contributed by atoms with Gasteiger partial charge < -0.3 is 9.72 Å². The number of nitrogens with one attached hydrogen (secondary N) is 1. The first-order valence-electron chi connectivity index (χ1n) is 5.00. The van der Waals surface area contributed by atoms with Crippen molar-refractivity contribution in [3.8, 4) is 0 Å². The number of alkyl halides is 1. The van der Waals surface area contributed by atoms with E-state index in [-0.39, 0.29) is 23.6 Å². The van der Waals surface area contributed by atoms with Crippen LogP contribution in [0.15, 0.2) is 17.1 Å². The summed E-state index contributed by atoms with van der Waals surface area (Å²) in [5.41, 5.74) is 0.697. The van der Waals surface area contributed by atoms with E-state index in [1.807, 2.05) is 0 Å². The normalized spacial score (nSPS) is 10.7. The van der Waals surface area contributed by atoms with Gasteiger partial charge in [0, 0.05) is 6.07 Å². The molecule has 0 aliphatic heterocycles. The highest BCUT2D eigenvalue weighted by atomic mass is 35.5. The number of carbonyl (C=O) groups excluding carboxylic acids is 1. The summed E-state index contributed by atoms with van der Waals surface area (Å²) in [6, 6.07) is 1.34. The van der Waals surface area contributed by atoms with Gasteiger partial charge in [0.2, 0.25) is 0 Å². The fourth-order valence-corrected chi connectivity index (χ4v) is 1.70. The molecule has 2 aromatic rings. The van der Waals surface area contributed by atoms with Crippen molar-refractivity contribution in [2.75, 3.05) is 6.61 Å². The number of hydrogen-bond donors (Lipinski definition) is 1. The minimum absolute atomic E-state index is 0.129. The molecule has 2 aromatic heterocycles. The Hall–Kier alpha value is -1.82. The summed E-state index contributed by atoms with van der Waals surface area (Å²) in [5, 5.41) is 4.00. The largest absolute Gasteiger partial charge is 0.462 e. The van der Waals surface area contributed by atoms with Crippen LogP contribution in [0.3, 0.4) is 0 Å². The smallest absolute Gasteiger partial charge is 0.343 e. The molecular weight excluding hydrogens is 246 g/mol. The Labute approximate surface area is 101 Å². The molecule has 2 rings (SSSR count). The van der Waals surface area contributed by atoms with E-state index in [1.54, 1.807) is 6.92 Å². The molecule has 7 heteroatoms. The van der Waals surface area contributed by atoms with Gasteiger partial charge in [0.25, 0.3) is 5.56 Å². The molecule has 0 spiro atoms. The number of halogens is 1. The number of H-pyrrole nitrogens is 1. The Morgan fingerprint density at radius 2 is 2.41 bits per heavy atom. The lowest BCUT2D eigenvalue weighted by molar-refractivity contribution is 0.0528. The molecule has 0 unspecified atom stereocenters. The number of rotatable bonds is 3. The van der Waals surface area contributed by atoms with E-state index >= 15 is 0 Å². The van der Waals surface area contributed by atoms with Crippen LogP contribution in [-0.2, 0) is 10.6 Å². The number of fused-ring (bicyclic) bond motifs is 1. The summed E-state index contributed by atoms with van der Waals surface area (Å²) in [7, 11) is 0. The number of nitrogens with zero attached hydrogens (tertiary/aromatic N) is 2. The highest BCUT2D eigenvalue weighted by molar-refractivity contribution is 6.16. The van der Waals surface area contributed by atoms with Gasteiger partial charge in [0.1, 0.15) is 5.56 Å². The predicted octanol–water partition coefficient (Wildman–Crippen LogP) is 0.938. The number of aromatic amines is 1. The Balaban J connectivity index is 2.64. The van der Waals surface area contributed by atoms with Crippen molar-refractivity contribution in [3.63, 3.8) is 0 Å². The second kappa shape index (κ2) is 4.58. The van der Waals surface area contributed by atoms with E-state index < -0.39 is 5.97 Å². The summed E-state index contributed by atoms with van der Waals surface area (Å²) >= 11 is 5.70. The third kappa shape index (κ3) is 2.03. The van der Waals surface area contributed by atoms with Crippen molar-refractivity contribution < 1.29 is 9.53 Å².